The van der Waals surface area contributed by atoms with E-state index in [1.165, 1.54) is 12.1 Å². The highest BCUT2D eigenvalue weighted by Crippen LogP contribution is 2.08. The highest BCUT2D eigenvalue weighted by atomic mass is 19.1. The van der Waals surface area contributed by atoms with Gasteiger partial charge in [-0.1, -0.05) is 11.6 Å². The Balaban J connectivity index is 2.09. The molecule has 0 amide bonds. The summed E-state index contributed by atoms with van der Waals surface area (Å²) >= 11 is 0. The summed E-state index contributed by atoms with van der Waals surface area (Å²) in [6, 6.07) is 6.40. The van der Waals surface area contributed by atoms with E-state index in [0.29, 0.717) is 19.8 Å². The van der Waals surface area contributed by atoms with Gasteiger partial charge in [0.1, 0.15) is 5.82 Å². The van der Waals surface area contributed by atoms with E-state index in [-0.39, 0.29) is 5.82 Å². The van der Waals surface area contributed by atoms with Crippen molar-refractivity contribution < 1.29 is 9.13 Å². The Hall–Kier alpha value is -1.35. The maximum atomic E-state index is 12.8. The standard InChI is InChI=1S/C13H18FNO/c1-11(2)6-8-16-9-7-15-13-5-3-4-12(14)10-13/h3-5,10,15H,1,6-9H2,2H3. The molecule has 0 aromatic heterocycles. The Kier molecular flexibility index (Phi) is 5.57. The van der Waals surface area contributed by atoms with Crippen LogP contribution in [0.25, 0.3) is 0 Å². The van der Waals surface area contributed by atoms with Crippen LogP contribution in [0.15, 0.2) is 36.4 Å². The van der Waals surface area contributed by atoms with Crippen LogP contribution in [0.3, 0.4) is 0 Å². The van der Waals surface area contributed by atoms with Crippen LogP contribution >= 0.6 is 0 Å². The van der Waals surface area contributed by atoms with Crippen LogP contribution < -0.4 is 5.32 Å². The van der Waals surface area contributed by atoms with Crippen LogP contribution in [0.2, 0.25) is 0 Å². The second-order valence-electron chi connectivity index (χ2n) is 3.76. The van der Waals surface area contributed by atoms with Gasteiger partial charge in [0.25, 0.3) is 0 Å². The van der Waals surface area contributed by atoms with Crippen molar-refractivity contribution in [2.75, 3.05) is 25.1 Å². The van der Waals surface area contributed by atoms with Gasteiger partial charge in [0.15, 0.2) is 0 Å². The minimum atomic E-state index is -0.229. The third-order valence-corrected chi connectivity index (χ3v) is 2.07. The highest BCUT2D eigenvalue weighted by molar-refractivity contribution is 5.42. The van der Waals surface area contributed by atoms with Crippen molar-refractivity contribution in [3.05, 3.63) is 42.2 Å². The number of anilines is 1. The maximum absolute atomic E-state index is 12.8. The largest absolute Gasteiger partial charge is 0.383 e. The lowest BCUT2D eigenvalue weighted by Crippen LogP contribution is -2.10. The third kappa shape index (κ3) is 5.51. The first-order chi connectivity index (χ1) is 7.68. The molecule has 0 unspecified atom stereocenters. The van der Waals surface area contributed by atoms with Gasteiger partial charge in [0, 0.05) is 12.2 Å². The van der Waals surface area contributed by atoms with E-state index in [1.54, 1.807) is 6.07 Å². The quantitative estimate of drug-likeness (QED) is 0.566. The number of hydrogen-bond donors (Lipinski definition) is 1. The molecule has 88 valence electrons. The molecule has 16 heavy (non-hydrogen) atoms. The van der Waals surface area contributed by atoms with Gasteiger partial charge in [-0.2, -0.15) is 0 Å². The monoisotopic (exact) mass is 223 g/mol. The molecular weight excluding hydrogens is 205 g/mol. The van der Waals surface area contributed by atoms with Crippen LogP contribution in [0.4, 0.5) is 10.1 Å². The molecule has 1 rings (SSSR count). The van der Waals surface area contributed by atoms with Gasteiger partial charge < -0.3 is 10.1 Å². The van der Waals surface area contributed by atoms with Gasteiger partial charge in [-0.3, -0.25) is 0 Å². The molecule has 0 aliphatic rings. The number of ether oxygens (including phenoxy) is 1. The van der Waals surface area contributed by atoms with Gasteiger partial charge in [-0.15, -0.1) is 6.58 Å². The zero-order valence-electron chi connectivity index (χ0n) is 9.63. The predicted octanol–water partition coefficient (Wildman–Crippen LogP) is 3.22. The molecular formula is C13H18FNO. The van der Waals surface area contributed by atoms with Crippen LogP contribution in [0, 0.1) is 5.82 Å². The molecule has 3 heteroatoms. The van der Waals surface area contributed by atoms with E-state index in [4.69, 9.17) is 4.74 Å². The summed E-state index contributed by atoms with van der Waals surface area (Å²) in [4.78, 5) is 0. The molecule has 1 N–H and O–H groups in total. The minimum absolute atomic E-state index is 0.229. The van der Waals surface area contributed by atoms with Crippen molar-refractivity contribution in [1.82, 2.24) is 0 Å². The zero-order chi connectivity index (χ0) is 11.8. The Morgan fingerprint density at radius 3 is 2.94 bits per heavy atom. The van der Waals surface area contributed by atoms with E-state index in [0.717, 1.165) is 17.7 Å². The number of rotatable bonds is 7. The van der Waals surface area contributed by atoms with Crippen LogP contribution in [-0.4, -0.2) is 19.8 Å². The third-order valence-electron chi connectivity index (χ3n) is 2.07. The normalized spacial score (nSPS) is 10.1. The SMILES string of the molecule is C=C(C)CCOCCNc1cccc(F)c1. The lowest BCUT2D eigenvalue weighted by molar-refractivity contribution is 0.147. The summed E-state index contributed by atoms with van der Waals surface area (Å²) < 4.78 is 18.2. The zero-order valence-corrected chi connectivity index (χ0v) is 9.63. The highest BCUT2D eigenvalue weighted by Gasteiger charge is 1.94. The number of halogens is 1. The Labute approximate surface area is 96.1 Å². The lowest BCUT2D eigenvalue weighted by atomic mass is 10.3. The summed E-state index contributed by atoms with van der Waals surface area (Å²) in [6.45, 7) is 7.76. The van der Waals surface area contributed by atoms with E-state index in [9.17, 15) is 4.39 Å². The molecule has 0 spiro atoms. The summed E-state index contributed by atoms with van der Waals surface area (Å²) in [5.74, 6) is -0.229. The molecule has 2 nitrogen and oxygen atoms in total. The van der Waals surface area contributed by atoms with Gasteiger partial charge in [-0.05, 0) is 31.5 Å². The molecule has 0 radical (unpaired) electrons. The molecule has 0 aliphatic heterocycles. The second kappa shape index (κ2) is 7.01. The average molecular weight is 223 g/mol. The molecule has 0 saturated heterocycles. The molecule has 0 bridgehead atoms. The molecule has 0 heterocycles. The summed E-state index contributed by atoms with van der Waals surface area (Å²) in [7, 11) is 0. The van der Waals surface area contributed by atoms with Gasteiger partial charge in [0.2, 0.25) is 0 Å². The predicted molar refractivity (Wildman–Crippen MR) is 65.1 cm³/mol. The minimum Gasteiger partial charge on any atom is -0.383 e. The van der Waals surface area contributed by atoms with Crippen LogP contribution in [0.5, 0.6) is 0 Å². The van der Waals surface area contributed by atoms with Gasteiger partial charge in [0.05, 0.1) is 13.2 Å². The van der Waals surface area contributed by atoms with Crippen LogP contribution in [-0.2, 0) is 4.74 Å². The molecule has 1 aromatic carbocycles. The van der Waals surface area contributed by atoms with Crippen molar-refractivity contribution in [2.24, 2.45) is 0 Å². The molecule has 0 atom stereocenters. The summed E-state index contributed by atoms with van der Waals surface area (Å²) in [5, 5.41) is 3.09. The molecule has 0 saturated carbocycles. The Morgan fingerprint density at radius 1 is 1.44 bits per heavy atom. The van der Waals surface area contributed by atoms with Crippen molar-refractivity contribution in [1.29, 1.82) is 0 Å². The van der Waals surface area contributed by atoms with E-state index >= 15 is 0 Å². The van der Waals surface area contributed by atoms with Crippen LogP contribution in [0.1, 0.15) is 13.3 Å². The lowest BCUT2D eigenvalue weighted by Gasteiger charge is -2.07. The first-order valence-corrected chi connectivity index (χ1v) is 5.40. The fourth-order valence-corrected chi connectivity index (χ4v) is 1.21. The number of nitrogens with one attached hydrogen (secondary N) is 1. The summed E-state index contributed by atoms with van der Waals surface area (Å²) in [5.41, 5.74) is 1.90. The number of benzene rings is 1. The second-order valence-corrected chi connectivity index (χ2v) is 3.76. The molecule has 0 aliphatic carbocycles. The molecule has 0 fully saturated rings. The van der Waals surface area contributed by atoms with Crippen molar-refractivity contribution in [3.63, 3.8) is 0 Å². The first-order valence-electron chi connectivity index (χ1n) is 5.40. The van der Waals surface area contributed by atoms with Gasteiger partial charge in [-0.25, -0.2) is 4.39 Å². The fraction of sp³-hybridized carbons (Fsp3) is 0.385. The van der Waals surface area contributed by atoms with Crippen molar-refractivity contribution >= 4 is 5.69 Å². The average Bonchev–Trinajstić information content (AvgIpc) is 2.23. The van der Waals surface area contributed by atoms with E-state index in [2.05, 4.69) is 11.9 Å². The van der Waals surface area contributed by atoms with Gasteiger partial charge >= 0.3 is 0 Å². The smallest absolute Gasteiger partial charge is 0.125 e. The maximum Gasteiger partial charge on any atom is 0.125 e. The topological polar surface area (TPSA) is 21.3 Å². The van der Waals surface area contributed by atoms with E-state index in [1.807, 2.05) is 13.0 Å². The first kappa shape index (κ1) is 12.7. The Bertz CT molecular complexity index is 338. The number of hydrogen-bond acceptors (Lipinski definition) is 2. The van der Waals surface area contributed by atoms with Crippen molar-refractivity contribution in [2.45, 2.75) is 13.3 Å². The summed E-state index contributed by atoms with van der Waals surface area (Å²) in [6.07, 6.45) is 0.889. The fourth-order valence-electron chi connectivity index (χ4n) is 1.21. The van der Waals surface area contributed by atoms with Crippen molar-refractivity contribution in [3.8, 4) is 0 Å². The molecule has 1 aromatic rings. The Morgan fingerprint density at radius 2 is 2.25 bits per heavy atom. The van der Waals surface area contributed by atoms with E-state index < -0.39 is 0 Å².